The van der Waals surface area contributed by atoms with E-state index in [1.165, 1.54) is 21.8 Å². The zero-order valence-electron chi connectivity index (χ0n) is 16.9. The van der Waals surface area contributed by atoms with Crippen LogP contribution in [0, 0.1) is 11.8 Å². The zero-order valence-corrected chi connectivity index (χ0v) is 17.7. The van der Waals surface area contributed by atoms with Crippen LogP contribution in [0.4, 0.5) is 0 Å². The Balaban J connectivity index is 0.00000261. The maximum absolute atomic E-state index is 10.9. The van der Waals surface area contributed by atoms with E-state index >= 15 is 0 Å². The molecule has 148 valence electrons. The van der Waals surface area contributed by atoms with Gasteiger partial charge in [-0.05, 0) is 24.0 Å². The molecular formula is C23H33ClN2O. The highest BCUT2D eigenvalue weighted by atomic mass is 35.5. The van der Waals surface area contributed by atoms with Gasteiger partial charge in [0.15, 0.2) is 0 Å². The molecule has 27 heavy (non-hydrogen) atoms. The highest BCUT2D eigenvalue weighted by Gasteiger charge is 2.17. The summed E-state index contributed by atoms with van der Waals surface area (Å²) in [4.78, 5) is 2.41. The van der Waals surface area contributed by atoms with Crippen LogP contribution in [0.3, 0.4) is 0 Å². The minimum atomic E-state index is -0.383. The van der Waals surface area contributed by atoms with E-state index in [-0.39, 0.29) is 18.5 Å². The topological polar surface area (TPSA) is 28.4 Å². The lowest BCUT2D eigenvalue weighted by Crippen LogP contribution is -2.39. The number of aliphatic hydroxyl groups excluding tert-OH is 1. The van der Waals surface area contributed by atoms with Crippen molar-refractivity contribution in [1.29, 1.82) is 0 Å². The second-order valence-electron chi connectivity index (χ2n) is 8.30. The largest absolute Gasteiger partial charge is 0.390 e. The van der Waals surface area contributed by atoms with Gasteiger partial charge in [0.05, 0.1) is 12.6 Å². The van der Waals surface area contributed by atoms with Gasteiger partial charge in [-0.1, -0.05) is 64.1 Å². The lowest BCUT2D eigenvalue weighted by molar-refractivity contribution is 0.0877. The molecule has 3 nitrogen and oxygen atoms in total. The fourth-order valence-electron chi connectivity index (χ4n) is 4.02. The predicted octanol–water partition coefficient (Wildman–Crippen LogP) is 5.19. The summed E-state index contributed by atoms with van der Waals surface area (Å²) in [5.41, 5.74) is 2.40. The molecule has 1 heterocycles. The van der Waals surface area contributed by atoms with Crippen molar-refractivity contribution < 1.29 is 5.11 Å². The van der Waals surface area contributed by atoms with Gasteiger partial charge in [-0.3, -0.25) is 0 Å². The molecule has 3 rings (SSSR count). The Morgan fingerprint density at radius 3 is 1.67 bits per heavy atom. The molecule has 0 aliphatic rings. The second kappa shape index (κ2) is 9.59. The highest BCUT2D eigenvalue weighted by molar-refractivity contribution is 6.07. The van der Waals surface area contributed by atoms with Crippen LogP contribution in [0.15, 0.2) is 48.5 Å². The molecule has 0 aliphatic carbocycles. The number of benzene rings is 2. The Morgan fingerprint density at radius 2 is 1.22 bits per heavy atom. The van der Waals surface area contributed by atoms with Gasteiger partial charge in [-0.25, -0.2) is 0 Å². The minimum Gasteiger partial charge on any atom is -0.390 e. The predicted molar refractivity (Wildman–Crippen MR) is 119 cm³/mol. The van der Waals surface area contributed by atoms with Crippen LogP contribution < -0.4 is 0 Å². The van der Waals surface area contributed by atoms with Crippen LogP contribution in [0.2, 0.25) is 0 Å². The third kappa shape index (κ3) is 5.25. The first kappa shape index (κ1) is 21.7. The van der Waals surface area contributed by atoms with E-state index < -0.39 is 0 Å². The van der Waals surface area contributed by atoms with E-state index in [9.17, 15) is 5.11 Å². The summed E-state index contributed by atoms with van der Waals surface area (Å²) in [6, 6.07) is 17.0. The van der Waals surface area contributed by atoms with Crippen molar-refractivity contribution in [1.82, 2.24) is 9.47 Å². The number of halogens is 1. The van der Waals surface area contributed by atoms with E-state index in [2.05, 4.69) is 85.7 Å². The molecule has 4 heteroatoms. The SMILES string of the molecule is CC(C)CN(CC(C)C)CC(O)Cn1c2ccccc2c2ccccc21.Cl. The molecule has 0 aliphatic heterocycles. The first-order valence-electron chi connectivity index (χ1n) is 9.82. The van der Waals surface area contributed by atoms with Crippen LogP contribution in [-0.4, -0.2) is 40.3 Å². The Kier molecular flexibility index (Phi) is 7.72. The zero-order chi connectivity index (χ0) is 18.7. The van der Waals surface area contributed by atoms with E-state index in [0.717, 1.165) is 19.6 Å². The van der Waals surface area contributed by atoms with Crippen molar-refractivity contribution in [2.45, 2.75) is 40.3 Å². The summed E-state index contributed by atoms with van der Waals surface area (Å²) in [6.45, 7) is 12.4. The summed E-state index contributed by atoms with van der Waals surface area (Å²) in [6.07, 6.45) is -0.383. The minimum absolute atomic E-state index is 0. The van der Waals surface area contributed by atoms with Crippen molar-refractivity contribution in [3.63, 3.8) is 0 Å². The van der Waals surface area contributed by atoms with Gasteiger partial charge in [0.2, 0.25) is 0 Å². The molecule has 1 N–H and O–H groups in total. The molecule has 1 atom stereocenters. The van der Waals surface area contributed by atoms with Crippen molar-refractivity contribution in [2.75, 3.05) is 19.6 Å². The smallest absolute Gasteiger partial charge is 0.0845 e. The molecule has 0 saturated heterocycles. The van der Waals surface area contributed by atoms with Gasteiger partial charge in [0.25, 0.3) is 0 Å². The molecule has 1 unspecified atom stereocenters. The summed E-state index contributed by atoms with van der Waals surface area (Å²) in [5, 5.41) is 13.4. The average Bonchev–Trinajstić information content (AvgIpc) is 2.88. The second-order valence-corrected chi connectivity index (χ2v) is 8.30. The van der Waals surface area contributed by atoms with Crippen LogP contribution >= 0.6 is 12.4 Å². The molecule has 0 bridgehead atoms. The number of aromatic nitrogens is 1. The van der Waals surface area contributed by atoms with Crippen LogP contribution in [0.1, 0.15) is 27.7 Å². The van der Waals surface area contributed by atoms with E-state index in [4.69, 9.17) is 0 Å². The van der Waals surface area contributed by atoms with E-state index in [0.29, 0.717) is 18.4 Å². The maximum atomic E-state index is 10.9. The molecule has 2 aromatic carbocycles. The number of rotatable bonds is 8. The lowest BCUT2D eigenvalue weighted by Gasteiger charge is -2.28. The van der Waals surface area contributed by atoms with Crippen molar-refractivity contribution in [3.8, 4) is 0 Å². The maximum Gasteiger partial charge on any atom is 0.0845 e. The highest BCUT2D eigenvalue weighted by Crippen LogP contribution is 2.28. The fourth-order valence-corrected chi connectivity index (χ4v) is 4.02. The summed E-state index contributed by atoms with van der Waals surface area (Å²) in [5.74, 6) is 1.21. The molecular weight excluding hydrogens is 356 g/mol. The normalized spacial score (nSPS) is 13.0. The van der Waals surface area contributed by atoms with Gasteiger partial charge in [-0.2, -0.15) is 0 Å². The third-order valence-electron chi connectivity index (χ3n) is 4.79. The quantitative estimate of drug-likeness (QED) is 0.575. The summed E-state index contributed by atoms with van der Waals surface area (Å²) < 4.78 is 2.28. The first-order chi connectivity index (χ1) is 12.5. The van der Waals surface area contributed by atoms with Crippen molar-refractivity contribution >= 4 is 34.2 Å². The van der Waals surface area contributed by atoms with Crippen molar-refractivity contribution in [3.05, 3.63) is 48.5 Å². The number of para-hydroxylation sites is 2. The molecule has 1 aromatic heterocycles. The van der Waals surface area contributed by atoms with Gasteiger partial charge in [-0.15, -0.1) is 12.4 Å². The van der Waals surface area contributed by atoms with Gasteiger partial charge < -0.3 is 14.6 Å². The standard InChI is InChI=1S/C23H32N2O.ClH/c1-17(2)13-24(14-18(3)4)15-19(26)16-25-22-11-7-5-9-20(22)21-10-6-8-12-23(21)25;/h5-12,17-19,26H,13-16H2,1-4H3;1H. The molecule has 0 spiro atoms. The van der Waals surface area contributed by atoms with Gasteiger partial charge >= 0.3 is 0 Å². The molecule has 0 radical (unpaired) electrons. The molecule has 0 fully saturated rings. The molecule has 3 aromatic rings. The first-order valence-corrected chi connectivity index (χ1v) is 9.82. The Hall–Kier alpha value is -1.55. The van der Waals surface area contributed by atoms with Gasteiger partial charge in [0.1, 0.15) is 0 Å². The Morgan fingerprint density at radius 1 is 0.778 bits per heavy atom. The van der Waals surface area contributed by atoms with Crippen LogP contribution in [-0.2, 0) is 6.54 Å². The summed E-state index contributed by atoms with van der Waals surface area (Å²) in [7, 11) is 0. The van der Waals surface area contributed by atoms with Gasteiger partial charge in [0, 0.05) is 41.4 Å². The van der Waals surface area contributed by atoms with Crippen molar-refractivity contribution in [2.24, 2.45) is 11.8 Å². The monoisotopic (exact) mass is 388 g/mol. The van der Waals surface area contributed by atoms with Crippen LogP contribution in [0.5, 0.6) is 0 Å². The fraction of sp³-hybridized carbons (Fsp3) is 0.478. The Labute approximate surface area is 169 Å². The van der Waals surface area contributed by atoms with E-state index in [1.54, 1.807) is 0 Å². The molecule has 0 amide bonds. The number of nitrogens with zero attached hydrogens (tertiary/aromatic N) is 2. The number of aliphatic hydroxyl groups is 1. The third-order valence-corrected chi connectivity index (χ3v) is 4.79. The lowest BCUT2D eigenvalue weighted by atomic mass is 10.1. The number of hydrogen-bond acceptors (Lipinski definition) is 2. The molecule has 0 saturated carbocycles. The number of fused-ring (bicyclic) bond motifs is 3. The summed E-state index contributed by atoms with van der Waals surface area (Å²) >= 11 is 0. The average molecular weight is 389 g/mol. The Bertz CT molecular complexity index is 793. The van der Waals surface area contributed by atoms with E-state index in [1.807, 2.05) is 0 Å². The number of hydrogen-bond donors (Lipinski definition) is 1. The van der Waals surface area contributed by atoms with Crippen LogP contribution in [0.25, 0.3) is 21.8 Å².